The minimum Gasteiger partial charge on any atom is -0.550 e. The zero-order valence-corrected chi connectivity index (χ0v) is 26.8. The SMILES string of the molecule is C[N+](C)(CCCN(CCC(=O)O)S(=O)(=O)C(F)(F)C(F)(F)C(F)(F)C(F)(F)C(F)(F)C(F)(F)C(F)(F)C(F)(F)C(F)(F)C(F)(F)C(F)(F)F)CCC(=O)[O-]. The third-order valence-electron chi connectivity index (χ3n) is 7.21. The Morgan fingerprint density at radius 3 is 1.15 bits per heavy atom. The molecule has 0 unspecified atom stereocenters. The van der Waals surface area contributed by atoms with Crippen LogP contribution in [-0.4, -0.2) is 139 Å². The first-order valence-corrected chi connectivity index (χ1v) is 14.7. The largest absolute Gasteiger partial charge is 0.550 e. The Morgan fingerprint density at radius 2 is 0.852 bits per heavy atom. The smallest absolute Gasteiger partial charge is 0.460 e. The standard InChI is InChI=1S/C22H21F23N2O6S/c1-47(2,9-5-11(50)51)8-3-6-46(7-4-10(48)49)54(52,53)22(44,45)20(39,40)18(35,36)16(31,32)14(27,28)12(23,24)13(25,26)15(29,30)17(33,34)19(37,38)21(41,42)43/h3-9H2,1-2H3,(H-,48,49,50,51). The number of hydrogen-bond acceptors (Lipinski definition) is 5. The molecule has 0 aromatic heterocycles. The predicted octanol–water partition coefficient (Wildman–Crippen LogP) is 5.57. The molecular weight excluding hydrogens is 857 g/mol. The molecular formula is C22H21F23N2O6S. The van der Waals surface area contributed by atoms with Gasteiger partial charge in [0.25, 0.3) is 10.0 Å². The van der Waals surface area contributed by atoms with Gasteiger partial charge in [0.15, 0.2) is 0 Å². The molecule has 0 atom stereocenters. The van der Waals surface area contributed by atoms with Crippen molar-refractivity contribution in [3.8, 4) is 0 Å². The second kappa shape index (κ2) is 14.6. The topological polar surface area (TPSA) is 115 Å². The van der Waals surface area contributed by atoms with Gasteiger partial charge in [0.05, 0.1) is 33.6 Å². The van der Waals surface area contributed by atoms with Gasteiger partial charge in [0, 0.05) is 31.9 Å². The van der Waals surface area contributed by atoms with Crippen LogP contribution in [0.3, 0.4) is 0 Å². The molecule has 1 N–H and O–H groups in total. The van der Waals surface area contributed by atoms with Gasteiger partial charge in [-0.3, -0.25) is 4.79 Å². The van der Waals surface area contributed by atoms with Crippen molar-refractivity contribution >= 4 is 22.0 Å². The van der Waals surface area contributed by atoms with E-state index in [-0.39, 0.29) is 0 Å². The van der Waals surface area contributed by atoms with Crippen LogP contribution in [0.4, 0.5) is 101 Å². The van der Waals surface area contributed by atoms with Gasteiger partial charge < -0.3 is 19.5 Å². The van der Waals surface area contributed by atoms with E-state index in [4.69, 9.17) is 5.11 Å². The first-order valence-electron chi connectivity index (χ1n) is 13.3. The van der Waals surface area contributed by atoms with Crippen LogP contribution in [0.1, 0.15) is 19.3 Å². The lowest BCUT2D eigenvalue weighted by atomic mass is 9.86. The third kappa shape index (κ3) is 7.91. The zero-order valence-electron chi connectivity index (χ0n) is 25.9. The summed E-state index contributed by atoms with van der Waals surface area (Å²) in [5.74, 6) is -87.9. The summed E-state index contributed by atoms with van der Waals surface area (Å²) in [6.45, 7) is -4.89. The number of nitrogens with zero attached hydrogens (tertiary/aromatic N) is 2. The fraction of sp³-hybridized carbons (Fsp3) is 0.909. The highest BCUT2D eigenvalue weighted by Crippen LogP contribution is 2.67. The average molecular weight is 878 g/mol. The highest BCUT2D eigenvalue weighted by atomic mass is 32.2. The van der Waals surface area contributed by atoms with Crippen molar-refractivity contribution in [2.75, 3.05) is 40.3 Å². The number of quaternary nitrogens is 1. The van der Waals surface area contributed by atoms with Crippen molar-refractivity contribution in [3.63, 3.8) is 0 Å². The summed E-state index contributed by atoms with van der Waals surface area (Å²) in [6, 6.07) is 0. The van der Waals surface area contributed by atoms with E-state index in [1.165, 1.54) is 0 Å². The monoisotopic (exact) mass is 878 g/mol. The maximum absolute atomic E-state index is 14.8. The summed E-state index contributed by atoms with van der Waals surface area (Å²) in [7, 11) is -5.75. The molecule has 0 rings (SSSR count). The van der Waals surface area contributed by atoms with Gasteiger partial charge in [-0.25, -0.2) is 8.42 Å². The molecule has 0 saturated carbocycles. The number of aliphatic carboxylic acids is 2. The number of carboxylic acid groups (broad SMARTS) is 2. The van der Waals surface area contributed by atoms with Crippen molar-refractivity contribution in [3.05, 3.63) is 0 Å². The summed E-state index contributed by atoms with van der Waals surface area (Å²) in [4.78, 5) is 21.4. The maximum Gasteiger partial charge on any atom is 0.460 e. The van der Waals surface area contributed by atoms with Gasteiger partial charge in [-0.2, -0.15) is 105 Å². The Bertz CT molecular complexity index is 1480. The van der Waals surface area contributed by atoms with Crippen LogP contribution in [0.5, 0.6) is 0 Å². The van der Waals surface area contributed by atoms with Crippen LogP contribution in [0.15, 0.2) is 0 Å². The van der Waals surface area contributed by atoms with Crippen LogP contribution in [0.25, 0.3) is 0 Å². The van der Waals surface area contributed by atoms with E-state index in [1.54, 1.807) is 0 Å². The molecule has 32 heteroatoms. The molecule has 0 spiro atoms. The van der Waals surface area contributed by atoms with E-state index >= 15 is 0 Å². The van der Waals surface area contributed by atoms with Gasteiger partial charge in [-0.05, 0) is 0 Å². The third-order valence-corrected chi connectivity index (χ3v) is 9.16. The number of halogens is 23. The number of sulfonamides is 1. The second-order valence-electron chi connectivity index (χ2n) is 11.6. The summed E-state index contributed by atoms with van der Waals surface area (Å²) in [5, 5.41) is 11.1. The molecule has 0 aliphatic carbocycles. The average Bonchev–Trinajstić information content (AvgIpc) is 2.95. The van der Waals surface area contributed by atoms with Crippen LogP contribution < -0.4 is 5.11 Å². The Morgan fingerprint density at radius 1 is 0.537 bits per heavy atom. The number of carbonyl (C=O) groups is 2. The predicted molar refractivity (Wildman–Crippen MR) is 124 cm³/mol. The molecule has 8 nitrogen and oxygen atoms in total. The van der Waals surface area contributed by atoms with Crippen molar-refractivity contribution in [1.29, 1.82) is 0 Å². The van der Waals surface area contributed by atoms with Crippen LogP contribution >= 0.6 is 0 Å². The van der Waals surface area contributed by atoms with E-state index in [1.807, 2.05) is 0 Å². The molecule has 0 saturated heterocycles. The minimum atomic E-state index is -9.67. The molecule has 0 fully saturated rings. The molecule has 0 aliphatic rings. The number of carbonyl (C=O) groups excluding carboxylic acids is 1. The number of rotatable bonds is 21. The maximum atomic E-state index is 14.8. The van der Waals surface area contributed by atoms with E-state index in [0.717, 1.165) is 14.1 Å². The van der Waals surface area contributed by atoms with Crippen molar-refractivity contribution < 1.29 is 134 Å². The van der Waals surface area contributed by atoms with E-state index in [0.29, 0.717) is 0 Å². The summed E-state index contributed by atoms with van der Waals surface area (Å²) in [5.41, 5.74) is 0. The van der Waals surface area contributed by atoms with E-state index in [2.05, 4.69) is 0 Å². The first-order chi connectivity index (χ1) is 23.2. The molecule has 0 aromatic rings. The molecule has 0 bridgehead atoms. The summed E-state index contributed by atoms with van der Waals surface area (Å²) < 4.78 is 339. The van der Waals surface area contributed by atoms with Crippen molar-refractivity contribution in [1.82, 2.24) is 4.31 Å². The van der Waals surface area contributed by atoms with Crippen LogP contribution in [0.2, 0.25) is 0 Å². The van der Waals surface area contributed by atoms with E-state index in [9.17, 15) is 124 Å². The molecule has 322 valence electrons. The lowest BCUT2D eigenvalue weighted by molar-refractivity contribution is -0.890. The molecule has 0 aromatic carbocycles. The number of hydrogen-bond donors (Lipinski definition) is 1. The quantitative estimate of drug-likeness (QED) is 0.119. The Kier molecular flexibility index (Phi) is 13.9. The molecule has 54 heavy (non-hydrogen) atoms. The number of carboxylic acids is 2. The molecule has 0 heterocycles. The Hall–Kier alpha value is -2.80. The van der Waals surface area contributed by atoms with Gasteiger partial charge >= 0.3 is 70.7 Å². The normalized spacial score (nSPS) is 15.9. The molecule has 0 radical (unpaired) electrons. The summed E-state index contributed by atoms with van der Waals surface area (Å²) in [6.07, 6.45) is -11.8. The Balaban J connectivity index is 7.30. The second-order valence-corrected chi connectivity index (χ2v) is 13.6. The summed E-state index contributed by atoms with van der Waals surface area (Å²) >= 11 is 0. The van der Waals surface area contributed by atoms with Gasteiger partial charge in [-0.15, -0.1) is 0 Å². The van der Waals surface area contributed by atoms with Gasteiger partial charge in [0.1, 0.15) is 0 Å². The lowest BCUT2D eigenvalue weighted by Crippen LogP contribution is -2.78. The van der Waals surface area contributed by atoms with Crippen LogP contribution in [0, 0.1) is 0 Å². The van der Waals surface area contributed by atoms with E-state index < -0.39 is 141 Å². The van der Waals surface area contributed by atoms with Crippen LogP contribution in [-0.2, 0) is 19.6 Å². The fourth-order valence-corrected chi connectivity index (χ4v) is 5.30. The first kappa shape index (κ1) is 51.2. The number of alkyl halides is 23. The van der Waals surface area contributed by atoms with Gasteiger partial charge in [-0.1, -0.05) is 0 Å². The Labute approximate surface area is 285 Å². The molecule has 0 amide bonds. The highest BCUT2D eigenvalue weighted by Gasteiger charge is 2.99. The highest BCUT2D eigenvalue weighted by molar-refractivity contribution is 7.90. The zero-order chi connectivity index (χ0) is 44.2. The minimum absolute atomic E-state index is 0.452. The molecule has 0 aliphatic heterocycles. The lowest BCUT2D eigenvalue weighted by Gasteiger charge is -2.45. The fourth-order valence-electron chi connectivity index (χ4n) is 3.82. The van der Waals surface area contributed by atoms with Crippen molar-refractivity contribution in [2.45, 2.75) is 84.0 Å². The van der Waals surface area contributed by atoms with Gasteiger partial charge in [0.2, 0.25) is 0 Å². The van der Waals surface area contributed by atoms with Crippen molar-refractivity contribution in [2.24, 2.45) is 0 Å².